The highest BCUT2D eigenvalue weighted by Gasteiger charge is 2.65. The number of thiol groups is 1. The van der Waals surface area contributed by atoms with Crippen LogP contribution in [-0.4, -0.2) is 93.8 Å². The van der Waals surface area contributed by atoms with Crippen LogP contribution in [0.4, 0.5) is 11.8 Å². The average Bonchev–Trinajstić information content (AvgIpc) is 3.79. The number of rotatable bonds is 2. The zero-order chi connectivity index (χ0) is 31.3. The molecule has 0 radical (unpaired) electrons. The maximum absolute atomic E-state index is 13.6. The molecule has 8 rings (SSSR count). The minimum absolute atomic E-state index is 0.00211. The van der Waals surface area contributed by atoms with Crippen LogP contribution in [0.2, 0.25) is 0 Å². The van der Waals surface area contributed by atoms with Crippen molar-refractivity contribution >= 4 is 71.7 Å². The number of H-pyrrole nitrogens is 1. The van der Waals surface area contributed by atoms with E-state index in [9.17, 15) is 14.3 Å². The molecule has 6 N–H and O–H groups in total. The number of hydrogen-bond acceptors (Lipinski definition) is 17. The fourth-order valence-corrected chi connectivity index (χ4v) is 8.95. The van der Waals surface area contributed by atoms with E-state index in [2.05, 4.69) is 42.2 Å². The summed E-state index contributed by atoms with van der Waals surface area (Å²) < 4.78 is 58.7. The first-order valence-electron chi connectivity index (χ1n) is 13.3. The molecule has 4 aliphatic heterocycles. The Bertz CT molecular complexity index is 1990. The van der Waals surface area contributed by atoms with Crippen LogP contribution in [0.5, 0.6) is 0 Å². The monoisotopic (exact) mass is 702 g/mol. The third kappa shape index (κ3) is 5.00. The van der Waals surface area contributed by atoms with Crippen LogP contribution in [0.15, 0.2) is 23.8 Å². The molecule has 4 bridgehead atoms. The first-order chi connectivity index (χ1) is 21.4. The molecule has 0 aliphatic carbocycles. The fourth-order valence-electron chi connectivity index (χ4n) is 5.97. The zero-order valence-corrected chi connectivity index (χ0v) is 26.2. The van der Waals surface area contributed by atoms with Crippen LogP contribution >= 0.6 is 25.8 Å². The molecule has 0 saturated carbocycles. The Morgan fingerprint density at radius 1 is 1.07 bits per heavy atom. The predicted octanol–water partition coefficient (Wildman–Crippen LogP) is 0.150. The molecular weight excluding hydrogens is 678 g/mol. The topological polar surface area (TPSA) is 261 Å². The van der Waals surface area contributed by atoms with E-state index in [4.69, 9.17) is 55.6 Å². The first-order valence-corrected chi connectivity index (χ1v) is 18.6. The maximum Gasteiger partial charge on any atom is 0.386 e. The van der Waals surface area contributed by atoms with Crippen LogP contribution in [-0.2, 0) is 48.7 Å². The quantitative estimate of drug-likeness (QED) is 0.137. The van der Waals surface area contributed by atoms with E-state index in [0.29, 0.717) is 11.2 Å². The van der Waals surface area contributed by atoms with Crippen molar-refractivity contribution in [1.29, 1.82) is 0 Å². The second-order valence-corrected chi connectivity index (χ2v) is 16.4. The molecule has 4 aromatic heterocycles. The van der Waals surface area contributed by atoms with Crippen molar-refractivity contribution in [2.24, 2.45) is 0 Å². The number of ether oxygens (including phenoxy) is 3. The Labute approximate surface area is 261 Å². The maximum atomic E-state index is 13.6. The highest BCUT2D eigenvalue weighted by atomic mass is 32.7. The van der Waals surface area contributed by atoms with Gasteiger partial charge in [-0.15, -0.1) is 0 Å². The number of aromatic amines is 1. The molecular formula is C21H24N10O10P2S2. The van der Waals surface area contributed by atoms with Gasteiger partial charge in [-0.1, -0.05) is 12.2 Å². The van der Waals surface area contributed by atoms with Crippen molar-refractivity contribution < 1.29 is 41.8 Å². The van der Waals surface area contributed by atoms with Crippen molar-refractivity contribution in [3.8, 4) is 0 Å². The van der Waals surface area contributed by atoms with E-state index in [1.54, 1.807) is 4.57 Å². The number of fused-ring (bicyclic) bond motifs is 4. The summed E-state index contributed by atoms with van der Waals surface area (Å²) >= 11 is 9.64. The van der Waals surface area contributed by atoms with Gasteiger partial charge in [0.25, 0.3) is 5.56 Å². The second-order valence-electron chi connectivity index (χ2n) is 10.8. The number of nitrogens with two attached hydrogens (primary N) is 2. The summed E-state index contributed by atoms with van der Waals surface area (Å²) in [6, 6.07) is 0. The van der Waals surface area contributed by atoms with Gasteiger partial charge in [-0.2, -0.15) is 4.98 Å². The molecule has 9 atom stereocenters. The molecule has 240 valence electrons. The minimum atomic E-state index is -4.10. The lowest BCUT2D eigenvalue weighted by atomic mass is 10.0. The molecule has 8 heterocycles. The predicted molar refractivity (Wildman–Crippen MR) is 158 cm³/mol. The van der Waals surface area contributed by atoms with Gasteiger partial charge in [-0.25, -0.2) is 24.5 Å². The summed E-state index contributed by atoms with van der Waals surface area (Å²) in [5.41, 5.74) is 10.5. The average molecular weight is 703 g/mol. The fraction of sp³-hybridized carbons (Fsp3) is 0.524. The van der Waals surface area contributed by atoms with Crippen LogP contribution < -0.4 is 17.0 Å². The van der Waals surface area contributed by atoms with Crippen LogP contribution in [0.3, 0.4) is 0 Å². The van der Waals surface area contributed by atoms with Crippen molar-refractivity contribution in [2.75, 3.05) is 31.3 Å². The van der Waals surface area contributed by atoms with Crippen LogP contribution in [0.25, 0.3) is 22.3 Å². The van der Waals surface area contributed by atoms with Crippen molar-refractivity contribution in [1.82, 2.24) is 39.0 Å². The first kappa shape index (κ1) is 29.8. The minimum Gasteiger partial charge on any atom is -0.382 e. The number of nitrogen functional groups attached to an aromatic ring is 2. The summed E-state index contributed by atoms with van der Waals surface area (Å²) in [4.78, 5) is 46.8. The molecule has 20 nitrogen and oxygen atoms in total. The zero-order valence-electron chi connectivity index (χ0n) is 22.7. The lowest BCUT2D eigenvalue weighted by Gasteiger charge is -2.33. The van der Waals surface area contributed by atoms with E-state index in [-0.39, 0.29) is 49.2 Å². The summed E-state index contributed by atoms with van der Waals surface area (Å²) in [6.45, 7) is -8.86. The molecule has 4 fully saturated rings. The van der Waals surface area contributed by atoms with E-state index in [1.165, 1.54) is 23.5 Å². The molecule has 3 unspecified atom stereocenters. The molecule has 0 amide bonds. The third-order valence-corrected chi connectivity index (χ3v) is 11.1. The number of imidazole rings is 2. The highest BCUT2D eigenvalue weighted by Crippen LogP contribution is 2.61. The van der Waals surface area contributed by atoms with Gasteiger partial charge >= 0.3 is 13.5 Å². The van der Waals surface area contributed by atoms with Gasteiger partial charge < -0.3 is 39.6 Å². The van der Waals surface area contributed by atoms with Crippen molar-refractivity contribution in [3.05, 3.63) is 29.3 Å². The van der Waals surface area contributed by atoms with Gasteiger partial charge in [0.2, 0.25) is 5.95 Å². The highest BCUT2D eigenvalue weighted by molar-refractivity contribution is 8.44. The molecule has 45 heavy (non-hydrogen) atoms. The Morgan fingerprint density at radius 3 is 2.67 bits per heavy atom. The van der Waals surface area contributed by atoms with E-state index >= 15 is 0 Å². The number of nitrogens with zero attached hydrogens (tertiary/aromatic N) is 7. The van der Waals surface area contributed by atoms with Gasteiger partial charge in [-0.3, -0.25) is 28.0 Å². The van der Waals surface area contributed by atoms with Crippen molar-refractivity contribution in [2.45, 2.75) is 48.9 Å². The van der Waals surface area contributed by atoms with Crippen LogP contribution in [0.1, 0.15) is 18.9 Å². The summed E-state index contributed by atoms with van der Waals surface area (Å²) in [5, 5.41) is 0. The SMILES string of the molecule is Nc1nc2c(ncn2[C@@H]2O[C@@H]3COP(=O)(S)O[C@H]4[C@H]5OCC4(COP(O)(=S)O[C@@H]2C3)O[C@H]5n2cnc3c(N)ncnc32)c(=O)[nH]1. The third-order valence-electron chi connectivity index (χ3n) is 7.92. The van der Waals surface area contributed by atoms with Gasteiger partial charge in [0.05, 0.1) is 38.6 Å². The summed E-state index contributed by atoms with van der Waals surface area (Å²) in [5.74, 6) is 0.0234. The molecule has 4 aliphatic rings. The normalized spacial score (nSPS) is 38.6. The Balaban J connectivity index is 1.12. The van der Waals surface area contributed by atoms with E-state index in [0.717, 1.165) is 0 Å². The molecule has 4 saturated heterocycles. The standard InChI is InChI=1S/C21H24N10O10P2S2/c22-14-10-15(25-5-24-14)30(6-26-10)19-12-13-21(39-19,3-35-12)4-37-43(34,45)40-9-1-8(2-36-42(33,44)41-13)38-18(9)31-7-27-11-16(31)28-20(23)29-17(11)32/h5-9,12-13,18-19H,1-4H2,(H,33,44)(H,34,45)(H2,22,24,25)(H3,23,28,29,32)/t8-,9+,12+,13-,18+,19+,21?,42?,43?/m0/s1. The smallest absolute Gasteiger partial charge is 0.382 e. The molecule has 24 heteroatoms. The number of nitrogens with one attached hydrogen (secondary N) is 1. The number of aromatic nitrogens is 8. The summed E-state index contributed by atoms with van der Waals surface area (Å²) in [6.07, 6.45) is -1.37. The Kier molecular flexibility index (Phi) is 6.92. The molecule has 0 spiro atoms. The van der Waals surface area contributed by atoms with E-state index in [1.807, 2.05) is 0 Å². The van der Waals surface area contributed by atoms with E-state index < -0.39 is 61.5 Å². The Morgan fingerprint density at radius 2 is 1.84 bits per heavy atom. The molecule has 4 aromatic rings. The lowest BCUT2D eigenvalue weighted by Crippen LogP contribution is -2.45. The van der Waals surface area contributed by atoms with Gasteiger partial charge in [0.1, 0.15) is 35.8 Å². The Hall–Kier alpha value is -2.59. The largest absolute Gasteiger partial charge is 0.386 e. The van der Waals surface area contributed by atoms with Gasteiger partial charge in [0.15, 0.2) is 35.1 Å². The number of anilines is 2. The lowest BCUT2D eigenvalue weighted by molar-refractivity contribution is -0.183. The van der Waals surface area contributed by atoms with Crippen LogP contribution in [0, 0.1) is 0 Å². The molecule has 0 aromatic carbocycles. The van der Waals surface area contributed by atoms with Crippen molar-refractivity contribution in [3.63, 3.8) is 0 Å². The number of hydrogen-bond donors (Lipinski definition) is 5. The van der Waals surface area contributed by atoms with Gasteiger partial charge in [0, 0.05) is 6.42 Å². The second kappa shape index (κ2) is 10.5. The summed E-state index contributed by atoms with van der Waals surface area (Å²) in [7, 11) is 0. The van der Waals surface area contributed by atoms with Gasteiger partial charge in [-0.05, 0) is 11.8 Å².